The lowest BCUT2D eigenvalue weighted by Gasteiger charge is -2.39. The van der Waals surface area contributed by atoms with Gasteiger partial charge < -0.3 is 9.88 Å². The number of pyridine rings is 1. The van der Waals surface area contributed by atoms with Gasteiger partial charge in [0.15, 0.2) is 5.82 Å². The molecule has 2 aromatic heterocycles. The van der Waals surface area contributed by atoms with Crippen LogP contribution in [0.2, 0.25) is 0 Å². The molecule has 4 rings (SSSR count). The van der Waals surface area contributed by atoms with Crippen LogP contribution in [0, 0.1) is 0 Å². The zero-order chi connectivity index (χ0) is 23.6. The van der Waals surface area contributed by atoms with Gasteiger partial charge in [-0.1, -0.05) is 26.8 Å². The zero-order valence-electron chi connectivity index (χ0n) is 20.6. The van der Waals surface area contributed by atoms with Gasteiger partial charge in [0.05, 0.1) is 5.54 Å². The van der Waals surface area contributed by atoms with Crippen LogP contribution in [0.1, 0.15) is 70.5 Å². The van der Waals surface area contributed by atoms with Gasteiger partial charge in [0, 0.05) is 37.3 Å². The topological polar surface area (TPSA) is 82.9 Å². The van der Waals surface area contributed by atoms with Crippen molar-refractivity contribution < 1.29 is 0 Å². The predicted molar refractivity (Wildman–Crippen MR) is 132 cm³/mol. The summed E-state index contributed by atoms with van der Waals surface area (Å²) in [7, 11) is 0. The first kappa shape index (κ1) is 23.6. The highest BCUT2D eigenvalue weighted by Gasteiger charge is 2.35. The number of aromatic amines is 1. The van der Waals surface area contributed by atoms with Crippen LogP contribution >= 0.6 is 0 Å². The van der Waals surface area contributed by atoms with Gasteiger partial charge in [-0.3, -0.25) is 9.69 Å². The van der Waals surface area contributed by atoms with Crippen LogP contribution in [0.4, 0.5) is 0 Å². The van der Waals surface area contributed by atoms with Gasteiger partial charge in [-0.15, -0.1) is 5.10 Å². The smallest absolute Gasteiger partial charge is 0.253 e. The van der Waals surface area contributed by atoms with E-state index in [2.05, 4.69) is 77.1 Å². The summed E-state index contributed by atoms with van der Waals surface area (Å²) in [6.07, 6.45) is 2.99. The Morgan fingerprint density at radius 3 is 2.52 bits per heavy atom. The largest absolute Gasteiger partial charge is 0.322 e. The van der Waals surface area contributed by atoms with Crippen LogP contribution in [0.25, 0.3) is 10.9 Å². The number of piperazine rings is 1. The van der Waals surface area contributed by atoms with Crippen molar-refractivity contribution in [2.75, 3.05) is 32.7 Å². The molecule has 1 unspecified atom stereocenters. The molecule has 1 aliphatic heterocycles. The number of H-pyrrole nitrogens is 1. The maximum atomic E-state index is 13.4. The van der Waals surface area contributed by atoms with E-state index in [1.165, 1.54) is 5.56 Å². The molecule has 0 spiro atoms. The number of hydrogen-bond acceptors (Lipinski definition) is 6. The maximum absolute atomic E-state index is 13.4. The standard InChI is InChI=1S/C25H37N7O/c1-6-11-30-12-14-31(15-13-30)22(23-27-28-29-32(23)25(4,5)8-3)20-17-19-16-18(7-2)9-10-21(19)26-24(20)33/h9-10,16-17,22H,6-8,11-15H2,1-5H3,(H,26,33). The summed E-state index contributed by atoms with van der Waals surface area (Å²) in [6.45, 7) is 15.6. The monoisotopic (exact) mass is 451 g/mol. The van der Waals surface area contributed by atoms with Crippen LogP contribution < -0.4 is 5.56 Å². The molecule has 0 saturated carbocycles. The van der Waals surface area contributed by atoms with E-state index in [0.717, 1.165) is 68.7 Å². The molecule has 1 atom stereocenters. The molecule has 0 radical (unpaired) electrons. The van der Waals surface area contributed by atoms with Crippen molar-refractivity contribution in [1.82, 2.24) is 35.0 Å². The molecule has 33 heavy (non-hydrogen) atoms. The van der Waals surface area contributed by atoms with Crippen molar-refractivity contribution in [3.05, 3.63) is 51.6 Å². The third-order valence-electron chi connectivity index (χ3n) is 7.13. The Morgan fingerprint density at radius 2 is 1.85 bits per heavy atom. The fraction of sp³-hybridized carbons (Fsp3) is 0.600. The first-order valence-electron chi connectivity index (χ1n) is 12.3. The summed E-state index contributed by atoms with van der Waals surface area (Å²) in [4.78, 5) is 21.4. The summed E-state index contributed by atoms with van der Waals surface area (Å²) in [5.41, 5.74) is 2.50. The number of hydrogen-bond donors (Lipinski definition) is 1. The summed E-state index contributed by atoms with van der Waals surface area (Å²) < 4.78 is 1.92. The molecular weight excluding hydrogens is 414 g/mol. The van der Waals surface area contributed by atoms with Gasteiger partial charge in [-0.05, 0) is 79.2 Å². The van der Waals surface area contributed by atoms with E-state index < -0.39 is 0 Å². The number of benzene rings is 1. The minimum Gasteiger partial charge on any atom is -0.322 e. The lowest BCUT2D eigenvalue weighted by atomic mass is 9.98. The maximum Gasteiger partial charge on any atom is 0.253 e. The van der Waals surface area contributed by atoms with E-state index in [1.54, 1.807) is 0 Å². The Labute approximate surface area is 196 Å². The van der Waals surface area contributed by atoms with Crippen molar-refractivity contribution in [3.8, 4) is 0 Å². The minimum absolute atomic E-state index is 0.0726. The fourth-order valence-electron chi connectivity index (χ4n) is 4.70. The molecule has 1 aromatic carbocycles. The predicted octanol–water partition coefficient (Wildman–Crippen LogP) is 3.34. The highest BCUT2D eigenvalue weighted by Crippen LogP contribution is 2.31. The highest BCUT2D eigenvalue weighted by molar-refractivity contribution is 5.80. The molecule has 0 amide bonds. The third kappa shape index (κ3) is 4.73. The summed E-state index contributed by atoms with van der Waals surface area (Å²) in [5, 5.41) is 14.0. The average Bonchev–Trinajstić information content (AvgIpc) is 3.31. The van der Waals surface area contributed by atoms with E-state index in [9.17, 15) is 4.79 Å². The quantitative estimate of drug-likeness (QED) is 0.566. The highest BCUT2D eigenvalue weighted by atomic mass is 16.1. The molecule has 1 saturated heterocycles. The van der Waals surface area contributed by atoms with Crippen LogP contribution in [-0.4, -0.2) is 67.7 Å². The molecule has 0 bridgehead atoms. The van der Waals surface area contributed by atoms with Gasteiger partial charge in [0.2, 0.25) is 0 Å². The number of nitrogens with one attached hydrogen (secondary N) is 1. The van der Waals surface area contributed by atoms with Gasteiger partial charge in [0.25, 0.3) is 5.56 Å². The van der Waals surface area contributed by atoms with E-state index in [-0.39, 0.29) is 17.1 Å². The average molecular weight is 452 g/mol. The number of aryl methyl sites for hydroxylation is 1. The van der Waals surface area contributed by atoms with E-state index in [4.69, 9.17) is 0 Å². The normalized spacial score (nSPS) is 17.0. The lowest BCUT2D eigenvalue weighted by Crippen LogP contribution is -2.49. The molecule has 3 aromatic rings. The number of rotatable bonds is 8. The molecule has 3 heterocycles. The molecule has 1 N–H and O–H groups in total. The Hall–Kier alpha value is -2.58. The van der Waals surface area contributed by atoms with Gasteiger partial charge in [-0.2, -0.15) is 0 Å². The first-order valence-corrected chi connectivity index (χ1v) is 12.3. The van der Waals surface area contributed by atoms with E-state index in [1.807, 2.05) is 16.8 Å². The van der Waals surface area contributed by atoms with E-state index in [0.29, 0.717) is 5.56 Å². The lowest BCUT2D eigenvalue weighted by molar-refractivity contribution is 0.101. The minimum atomic E-state index is -0.298. The molecule has 178 valence electrons. The van der Waals surface area contributed by atoms with Gasteiger partial charge in [0.1, 0.15) is 6.04 Å². The van der Waals surface area contributed by atoms with Crippen molar-refractivity contribution in [1.29, 1.82) is 0 Å². The molecule has 8 nitrogen and oxygen atoms in total. The van der Waals surface area contributed by atoms with Crippen LogP contribution in [0.5, 0.6) is 0 Å². The van der Waals surface area contributed by atoms with Crippen LogP contribution in [-0.2, 0) is 12.0 Å². The van der Waals surface area contributed by atoms with Crippen LogP contribution in [0.15, 0.2) is 29.1 Å². The Morgan fingerprint density at radius 1 is 1.09 bits per heavy atom. The van der Waals surface area contributed by atoms with Crippen molar-refractivity contribution in [3.63, 3.8) is 0 Å². The number of tetrazole rings is 1. The molecule has 1 aliphatic rings. The molecule has 8 heteroatoms. The number of nitrogens with zero attached hydrogens (tertiary/aromatic N) is 6. The van der Waals surface area contributed by atoms with Crippen molar-refractivity contribution in [2.45, 2.75) is 65.5 Å². The Kier molecular flexibility index (Phi) is 6.95. The second-order valence-corrected chi connectivity index (χ2v) is 9.72. The third-order valence-corrected chi connectivity index (χ3v) is 7.13. The summed E-state index contributed by atoms with van der Waals surface area (Å²) >= 11 is 0. The zero-order valence-corrected chi connectivity index (χ0v) is 20.6. The fourth-order valence-corrected chi connectivity index (χ4v) is 4.70. The van der Waals surface area contributed by atoms with Gasteiger partial charge >= 0.3 is 0 Å². The van der Waals surface area contributed by atoms with Crippen molar-refractivity contribution in [2.24, 2.45) is 0 Å². The molecule has 0 aliphatic carbocycles. The second-order valence-electron chi connectivity index (χ2n) is 9.72. The van der Waals surface area contributed by atoms with Crippen molar-refractivity contribution >= 4 is 10.9 Å². The first-order chi connectivity index (χ1) is 15.9. The number of fused-ring (bicyclic) bond motifs is 1. The van der Waals surface area contributed by atoms with Gasteiger partial charge in [-0.25, -0.2) is 4.68 Å². The molecule has 1 fully saturated rings. The van der Waals surface area contributed by atoms with Crippen LogP contribution in [0.3, 0.4) is 0 Å². The number of aromatic nitrogens is 5. The van der Waals surface area contributed by atoms with E-state index >= 15 is 0 Å². The summed E-state index contributed by atoms with van der Waals surface area (Å²) in [6, 6.07) is 8.00. The summed E-state index contributed by atoms with van der Waals surface area (Å²) in [5.74, 6) is 0.738. The second kappa shape index (κ2) is 9.73. The Balaban J connectivity index is 1.83. The molecular formula is C25H37N7O. The Bertz CT molecular complexity index is 1140. The SMILES string of the molecule is CCCN1CCN(C(c2cc3cc(CC)ccc3[nH]c2=O)c2nnnn2C(C)(C)CC)CC1.